The summed E-state index contributed by atoms with van der Waals surface area (Å²) in [6.07, 6.45) is 1.06. The molecule has 0 saturated carbocycles. The van der Waals surface area contributed by atoms with Crippen molar-refractivity contribution in [2.24, 2.45) is 0 Å². The molecule has 0 bridgehead atoms. The van der Waals surface area contributed by atoms with Gasteiger partial charge in [0.1, 0.15) is 10.8 Å². The van der Waals surface area contributed by atoms with Gasteiger partial charge in [-0.3, -0.25) is 0 Å². The van der Waals surface area contributed by atoms with E-state index in [2.05, 4.69) is 40.9 Å². The van der Waals surface area contributed by atoms with Crippen molar-refractivity contribution in [3.05, 3.63) is 41.5 Å². The van der Waals surface area contributed by atoms with Crippen LogP contribution in [0.1, 0.15) is 18.1 Å². The highest BCUT2D eigenvalue weighted by Crippen LogP contribution is 2.19. The first-order valence-electron chi connectivity index (χ1n) is 5.32. The van der Waals surface area contributed by atoms with Gasteiger partial charge in [-0.25, -0.2) is 0 Å². The van der Waals surface area contributed by atoms with E-state index in [1.165, 1.54) is 22.7 Å². The average molecular weight is 233 g/mol. The van der Waals surface area contributed by atoms with Crippen LogP contribution in [0.15, 0.2) is 30.3 Å². The second-order valence-electron chi connectivity index (χ2n) is 3.59. The Hall–Kier alpha value is -1.55. The second-order valence-corrected chi connectivity index (χ2v) is 4.40. The lowest BCUT2D eigenvalue weighted by atomic mass is 10.1. The summed E-state index contributed by atoms with van der Waals surface area (Å²) >= 11 is 1.40. The van der Waals surface area contributed by atoms with Crippen molar-refractivity contribution in [3.63, 3.8) is 0 Å². The maximum atomic E-state index is 5.56. The summed E-state index contributed by atoms with van der Waals surface area (Å²) < 4.78 is 4.03. The van der Waals surface area contributed by atoms with E-state index in [0.29, 0.717) is 5.82 Å². The number of benzene rings is 1. The quantitative estimate of drug-likeness (QED) is 0.853. The minimum absolute atomic E-state index is 0.580. The lowest BCUT2D eigenvalue weighted by Gasteiger charge is -2.08. The Balaban J connectivity index is 2.04. The molecule has 0 radical (unpaired) electrons. The molecule has 0 aliphatic heterocycles. The molecule has 0 saturated heterocycles. The standard InChI is InChI=1S/C12H15N3S/c1-2-9-5-3-4-6-10(9)8-14-12-7-11(13)15-16-12/h3-7,14H,2,8H2,1H3,(H2,13,15). The average Bonchev–Trinajstić information content (AvgIpc) is 2.73. The van der Waals surface area contributed by atoms with Gasteiger partial charge in [0.2, 0.25) is 0 Å². The van der Waals surface area contributed by atoms with E-state index in [1.54, 1.807) is 0 Å². The molecule has 3 N–H and O–H groups in total. The molecule has 0 atom stereocenters. The first-order valence-corrected chi connectivity index (χ1v) is 6.09. The molecule has 0 unspecified atom stereocenters. The molecule has 0 aliphatic carbocycles. The Kier molecular flexibility index (Phi) is 3.41. The van der Waals surface area contributed by atoms with Crippen LogP contribution in [0.5, 0.6) is 0 Å². The number of aryl methyl sites for hydroxylation is 1. The zero-order valence-electron chi connectivity index (χ0n) is 9.23. The Morgan fingerprint density at radius 2 is 2.06 bits per heavy atom. The van der Waals surface area contributed by atoms with Crippen LogP contribution < -0.4 is 11.1 Å². The van der Waals surface area contributed by atoms with Gasteiger partial charge in [0.05, 0.1) is 0 Å². The third kappa shape index (κ3) is 2.52. The van der Waals surface area contributed by atoms with Gasteiger partial charge >= 0.3 is 0 Å². The number of hydrogen-bond acceptors (Lipinski definition) is 4. The van der Waals surface area contributed by atoms with Gasteiger partial charge in [-0.1, -0.05) is 31.2 Å². The fraction of sp³-hybridized carbons (Fsp3) is 0.250. The molecule has 1 aromatic carbocycles. The fourth-order valence-corrected chi connectivity index (χ4v) is 2.20. The minimum Gasteiger partial charge on any atom is -0.383 e. The number of nitrogens with two attached hydrogens (primary N) is 1. The summed E-state index contributed by atoms with van der Waals surface area (Å²) in [7, 11) is 0. The highest BCUT2D eigenvalue weighted by molar-refractivity contribution is 7.10. The highest BCUT2D eigenvalue weighted by atomic mass is 32.1. The molecular weight excluding hydrogens is 218 g/mol. The summed E-state index contributed by atoms with van der Waals surface area (Å²) in [5.41, 5.74) is 8.28. The van der Waals surface area contributed by atoms with E-state index in [-0.39, 0.29) is 0 Å². The van der Waals surface area contributed by atoms with E-state index >= 15 is 0 Å². The van der Waals surface area contributed by atoms with Crippen molar-refractivity contribution in [1.82, 2.24) is 4.37 Å². The van der Waals surface area contributed by atoms with Gasteiger partial charge in [0.25, 0.3) is 0 Å². The van der Waals surface area contributed by atoms with Crippen molar-refractivity contribution < 1.29 is 0 Å². The van der Waals surface area contributed by atoms with Crippen LogP contribution in [0.4, 0.5) is 10.8 Å². The van der Waals surface area contributed by atoms with Crippen molar-refractivity contribution in [2.75, 3.05) is 11.1 Å². The van der Waals surface area contributed by atoms with Crippen LogP contribution >= 0.6 is 11.5 Å². The number of nitrogens with one attached hydrogen (secondary N) is 1. The smallest absolute Gasteiger partial charge is 0.139 e. The van der Waals surface area contributed by atoms with E-state index in [9.17, 15) is 0 Å². The molecule has 0 aliphatic rings. The Morgan fingerprint density at radius 3 is 2.69 bits per heavy atom. The number of anilines is 2. The molecule has 2 rings (SSSR count). The Bertz CT molecular complexity index is 465. The summed E-state index contributed by atoms with van der Waals surface area (Å²) in [4.78, 5) is 0. The van der Waals surface area contributed by atoms with E-state index in [1.807, 2.05) is 6.07 Å². The monoisotopic (exact) mass is 233 g/mol. The number of rotatable bonds is 4. The summed E-state index contributed by atoms with van der Waals surface area (Å²) in [5, 5.41) is 4.35. The number of hydrogen-bond donors (Lipinski definition) is 2. The number of nitrogen functional groups attached to an aromatic ring is 1. The molecule has 16 heavy (non-hydrogen) atoms. The van der Waals surface area contributed by atoms with Crippen LogP contribution in [0.2, 0.25) is 0 Å². The lowest BCUT2D eigenvalue weighted by Crippen LogP contribution is -2.01. The highest BCUT2D eigenvalue weighted by Gasteiger charge is 2.01. The Morgan fingerprint density at radius 1 is 1.31 bits per heavy atom. The molecule has 0 amide bonds. The third-order valence-corrected chi connectivity index (χ3v) is 3.24. The SMILES string of the molecule is CCc1ccccc1CNc1cc(N)ns1. The predicted octanol–water partition coefficient (Wildman–Crippen LogP) is 2.90. The van der Waals surface area contributed by atoms with Gasteiger partial charge in [-0.2, -0.15) is 4.37 Å². The van der Waals surface area contributed by atoms with Gasteiger partial charge in [0, 0.05) is 12.6 Å². The number of nitrogens with zero attached hydrogens (tertiary/aromatic N) is 1. The van der Waals surface area contributed by atoms with Gasteiger partial charge in [-0.05, 0) is 29.1 Å². The van der Waals surface area contributed by atoms with E-state index in [0.717, 1.165) is 18.0 Å². The molecule has 84 valence electrons. The lowest BCUT2D eigenvalue weighted by molar-refractivity contribution is 1.05. The van der Waals surface area contributed by atoms with Crippen LogP contribution in [-0.4, -0.2) is 4.37 Å². The Labute approximate surface area is 99.5 Å². The first-order chi connectivity index (χ1) is 7.79. The van der Waals surface area contributed by atoms with Crippen LogP contribution in [0.25, 0.3) is 0 Å². The van der Waals surface area contributed by atoms with E-state index < -0.39 is 0 Å². The van der Waals surface area contributed by atoms with Gasteiger partial charge in [-0.15, -0.1) is 0 Å². The molecular formula is C12H15N3S. The predicted molar refractivity (Wildman–Crippen MR) is 69.7 cm³/mol. The molecule has 0 spiro atoms. The summed E-state index contributed by atoms with van der Waals surface area (Å²) in [5.74, 6) is 0.580. The number of aromatic nitrogens is 1. The van der Waals surface area contributed by atoms with Crippen molar-refractivity contribution in [1.29, 1.82) is 0 Å². The molecule has 1 aromatic heterocycles. The normalized spacial score (nSPS) is 10.3. The largest absolute Gasteiger partial charge is 0.383 e. The molecule has 3 nitrogen and oxygen atoms in total. The van der Waals surface area contributed by atoms with Crippen LogP contribution in [0, 0.1) is 0 Å². The summed E-state index contributed by atoms with van der Waals surface area (Å²) in [6, 6.07) is 10.3. The van der Waals surface area contributed by atoms with Crippen LogP contribution in [-0.2, 0) is 13.0 Å². The van der Waals surface area contributed by atoms with Gasteiger partial charge < -0.3 is 11.1 Å². The maximum Gasteiger partial charge on any atom is 0.139 e. The first kappa shape index (κ1) is 11.0. The van der Waals surface area contributed by atoms with E-state index in [4.69, 9.17) is 5.73 Å². The summed E-state index contributed by atoms with van der Waals surface area (Å²) in [6.45, 7) is 3.00. The van der Waals surface area contributed by atoms with Crippen molar-refractivity contribution in [2.45, 2.75) is 19.9 Å². The maximum absolute atomic E-state index is 5.56. The minimum atomic E-state index is 0.580. The fourth-order valence-electron chi connectivity index (χ4n) is 1.63. The topological polar surface area (TPSA) is 50.9 Å². The zero-order valence-corrected chi connectivity index (χ0v) is 10.1. The molecule has 1 heterocycles. The van der Waals surface area contributed by atoms with Crippen molar-refractivity contribution >= 4 is 22.4 Å². The zero-order chi connectivity index (χ0) is 11.4. The molecule has 4 heteroatoms. The second kappa shape index (κ2) is 4.99. The molecule has 0 fully saturated rings. The van der Waals surface area contributed by atoms with Crippen molar-refractivity contribution in [3.8, 4) is 0 Å². The molecule has 2 aromatic rings. The van der Waals surface area contributed by atoms with Gasteiger partial charge in [0.15, 0.2) is 0 Å². The van der Waals surface area contributed by atoms with Crippen LogP contribution in [0.3, 0.4) is 0 Å². The third-order valence-electron chi connectivity index (χ3n) is 2.48.